The minimum Gasteiger partial charge on any atom is -0.419 e. The van der Waals surface area contributed by atoms with Gasteiger partial charge in [-0.2, -0.15) is 0 Å². The highest BCUT2D eigenvalue weighted by atomic mass is 35.5. The summed E-state index contributed by atoms with van der Waals surface area (Å²) in [6.07, 6.45) is 0. The van der Waals surface area contributed by atoms with Gasteiger partial charge in [-0.05, 0) is 18.2 Å². The molecule has 2 N–H and O–H groups in total. The first kappa shape index (κ1) is 10.1. The average Bonchev–Trinajstić information content (AvgIpc) is 2.70. The third kappa shape index (κ3) is 1.98. The van der Waals surface area contributed by atoms with Crippen molar-refractivity contribution in [2.75, 3.05) is 0 Å². The van der Waals surface area contributed by atoms with Crippen molar-refractivity contribution in [3.63, 3.8) is 0 Å². The van der Waals surface area contributed by atoms with E-state index >= 15 is 0 Å². The molecule has 15 heavy (non-hydrogen) atoms. The lowest BCUT2D eigenvalue weighted by Gasteiger charge is -1.97. The molecule has 2 aromatic rings. The minimum absolute atomic E-state index is 0.0791. The zero-order chi connectivity index (χ0) is 10.8. The van der Waals surface area contributed by atoms with Crippen molar-refractivity contribution in [3.05, 3.63) is 34.9 Å². The van der Waals surface area contributed by atoms with Gasteiger partial charge in [0.25, 0.3) is 5.89 Å². The molecule has 0 radical (unpaired) electrons. The molecule has 0 fully saturated rings. The molecule has 0 saturated heterocycles. The molecular weight excluding hydrogens is 221 g/mol. The Bertz CT molecular complexity index is 486. The van der Waals surface area contributed by atoms with Crippen LogP contribution in [0.15, 0.2) is 22.6 Å². The smallest absolute Gasteiger partial charge is 0.250 e. The van der Waals surface area contributed by atoms with E-state index in [1.807, 2.05) is 0 Å². The van der Waals surface area contributed by atoms with Gasteiger partial charge in [-0.25, -0.2) is 4.39 Å². The Balaban J connectivity index is 2.48. The van der Waals surface area contributed by atoms with Crippen molar-refractivity contribution in [3.8, 4) is 11.5 Å². The largest absolute Gasteiger partial charge is 0.419 e. The van der Waals surface area contributed by atoms with Crippen LogP contribution < -0.4 is 5.73 Å². The molecule has 0 aliphatic carbocycles. The summed E-state index contributed by atoms with van der Waals surface area (Å²) >= 11 is 5.73. The zero-order valence-corrected chi connectivity index (χ0v) is 8.33. The molecule has 0 unspecified atom stereocenters. The van der Waals surface area contributed by atoms with E-state index in [2.05, 4.69) is 10.2 Å². The van der Waals surface area contributed by atoms with Gasteiger partial charge in [0.15, 0.2) is 0 Å². The molecule has 0 atom stereocenters. The van der Waals surface area contributed by atoms with Crippen LogP contribution in [0.2, 0.25) is 5.02 Å². The van der Waals surface area contributed by atoms with Crippen LogP contribution in [0.25, 0.3) is 11.5 Å². The SMILES string of the molecule is NCc1nnc(-c2cc(Cl)ccc2F)o1. The summed E-state index contributed by atoms with van der Waals surface area (Å²) in [7, 11) is 0. The molecule has 78 valence electrons. The van der Waals surface area contributed by atoms with Crippen LogP contribution in [0, 0.1) is 5.82 Å². The van der Waals surface area contributed by atoms with Crippen LogP contribution in [0.4, 0.5) is 4.39 Å². The summed E-state index contributed by atoms with van der Waals surface area (Å²) in [5.74, 6) is -0.133. The number of halogens is 2. The monoisotopic (exact) mass is 227 g/mol. The molecule has 0 spiro atoms. The number of hydrogen-bond donors (Lipinski definition) is 1. The van der Waals surface area contributed by atoms with Gasteiger partial charge in [-0.1, -0.05) is 11.6 Å². The second-order valence-corrected chi connectivity index (χ2v) is 3.27. The number of benzene rings is 1. The third-order valence-electron chi connectivity index (χ3n) is 1.80. The van der Waals surface area contributed by atoms with E-state index in [-0.39, 0.29) is 23.9 Å². The highest BCUT2D eigenvalue weighted by molar-refractivity contribution is 6.30. The van der Waals surface area contributed by atoms with Crippen molar-refractivity contribution in [2.24, 2.45) is 5.73 Å². The fourth-order valence-electron chi connectivity index (χ4n) is 1.11. The summed E-state index contributed by atoms with van der Waals surface area (Å²) < 4.78 is 18.5. The fourth-order valence-corrected chi connectivity index (χ4v) is 1.28. The zero-order valence-electron chi connectivity index (χ0n) is 7.58. The average molecular weight is 228 g/mol. The van der Waals surface area contributed by atoms with Crippen LogP contribution in [0.1, 0.15) is 5.89 Å². The summed E-state index contributed by atoms with van der Waals surface area (Å²) in [5.41, 5.74) is 5.47. The highest BCUT2D eigenvalue weighted by Gasteiger charge is 2.12. The predicted molar refractivity (Wildman–Crippen MR) is 52.6 cm³/mol. The minimum atomic E-state index is -0.466. The van der Waals surface area contributed by atoms with Gasteiger partial charge in [0.2, 0.25) is 5.89 Å². The quantitative estimate of drug-likeness (QED) is 0.852. The van der Waals surface area contributed by atoms with E-state index in [1.54, 1.807) is 0 Å². The molecule has 2 rings (SSSR count). The van der Waals surface area contributed by atoms with Crippen LogP contribution in [0.5, 0.6) is 0 Å². The van der Waals surface area contributed by atoms with Crippen LogP contribution in [-0.2, 0) is 6.54 Å². The lowest BCUT2D eigenvalue weighted by Crippen LogP contribution is -1.95. The Morgan fingerprint density at radius 2 is 2.20 bits per heavy atom. The maximum absolute atomic E-state index is 13.4. The van der Waals surface area contributed by atoms with Crippen LogP contribution in [-0.4, -0.2) is 10.2 Å². The number of nitrogens with zero attached hydrogens (tertiary/aromatic N) is 2. The lowest BCUT2D eigenvalue weighted by atomic mass is 10.2. The van der Waals surface area contributed by atoms with Gasteiger partial charge in [0, 0.05) is 5.02 Å². The Hall–Kier alpha value is -1.46. The maximum atomic E-state index is 13.4. The van der Waals surface area contributed by atoms with E-state index in [9.17, 15) is 4.39 Å². The van der Waals surface area contributed by atoms with E-state index in [0.29, 0.717) is 5.02 Å². The van der Waals surface area contributed by atoms with Gasteiger partial charge >= 0.3 is 0 Å². The van der Waals surface area contributed by atoms with Crippen molar-refractivity contribution in [1.82, 2.24) is 10.2 Å². The number of aromatic nitrogens is 2. The molecule has 0 aliphatic rings. The second-order valence-electron chi connectivity index (χ2n) is 2.83. The van der Waals surface area contributed by atoms with Gasteiger partial charge < -0.3 is 10.2 Å². The molecule has 1 aromatic carbocycles. The molecular formula is C9H7ClFN3O. The number of rotatable bonds is 2. The second kappa shape index (κ2) is 3.96. The van der Waals surface area contributed by atoms with E-state index in [0.717, 1.165) is 0 Å². The Morgan fingerprint density at radius 1 is 1.40 bits per heavy atom. The molecule has 0 saturated carbocycles. The van der Waals surface area contributed by atoms with Gasteiger partial charge in [0.05, 0.1) is 12.1 Å². The van der Waals surface area contributed by atoms with Gasteiger partial charge in [-0.3, -0.25) is 0 Å². The first-order chi connectivity index (χ1) is 7.20. The first-order valence-electron chi connectivity index (χ1n) is 4.18. The van der Waals surface area contributed by atoms with Crippen molar-refractivity contribution >= 4 is 11.6 Å². The van der Waals surface area contributed by atoms with Gasteiger partial charge in [-0.15, -0.1) is 10.2 Å². The Labute approximate surface area is 89.9 Å². The molecule has 6 heteroatoms. The topological polar surface area (TPSA) is 64.9 Å². The van der Waals surface area contributed by atoms with Gasteiger partial charge in [0.1, 0.15) is 5.82 Å². The molecule has 4 nitrogen and oxygen atoms in total. The highest BCUT2D eigenvalue weighted by Crippen LogP contribution is 2.24. The van der Waals surface area contributed by atoms with E-state index in [1.165, 1.54) is 18.2 Å². The first-order valence-corrected chi connectivity index (χ1v) is 4.56. The molecule has 0 bridgehead atoms. The van der Waals surface area contributed by atoms with Crippen molar-refractivity contribution < 1.29 is 8.81 Å². The Morgan fingerprint density at radius 3 is 2.87 bits per heavy atom. The standard InChI is InChI=1S/C9H7ClFN3O/c10-5-1-2-7(11)6(3-5)9-14-13-8(4-12)15-9/h1-3H,4,12H2. The van der Waals surface area contributed by atoms with Crippen molar-refractivity contribution in [2.45, 2.75) is 6.54 Å². The normalized spacial score (nSPS) is 10.6. The van der Waals surface area contributed by atoms with Crippen molar-refractivity contribution in [1.29, 1.82) is 0 Å². The van der Waals surface area contributed by atoms with Crippen LogP contribution >= 0.6 is 11.6 Å². The number of nitrogens with two attached hydrogens (primary N) is 1. The third-order valence-corrected chi connectivity index (χ3v) is 2.04. The molecule has 0 aliphatic heterocycles. The molecule has 0 amide bonds. The predicted octanol–water partition coefficient (Wildman–Crippen LogP) is 1.99. The van der Waals surface area contributed by atoms with Crippen LogP contribution in [0.3, 0.4) is 0 Å². The maximum Gasteiger partial charge on any atom is 0.250 e. The summed E-state index contributed by atoms with van der Waals surface area (Å²) in [6, 6.07) is 4.11. The fraction of sp³-hybridized carbons (Fsp3) is 0.111. The lowest BCUT2D eigenvalue weighted by molar-refractivity contribution is 0.504. The summed E-state index contributed by atoms with van der Waals surface area (Å²) in [5, 5.41) is 7.70. The Kier molecular flexibility index (Phi) is 2.66. The van der Waals surface area contributed by atoms with E-state index < -0.39 is 5.82 Å². The molecule has 1 aromatic heterocycles. The number of hydrogen-bond acceptors (Lipinski definition) is 4. The molecule has 1 heterocycles. The van der Waals surface area contributed by atoms with E-state index in [4.69, 9.17) is 21.8 Å². The summed E-state index contributed by atoms with van der Waals surface area (Å²) in [4.78, 5) is 0. The summed E-state index contributed by atoms with van der Waals surface area (Å²) in [6.45, 7) is 0.120.